The van der Waals surface area contributed by atoms with Crippen LogP contribution in [0.15, 0.2) is 78.5 Å². The molecule has 186 valence electrons. The lowest BCUT2D eigenvalue weighted by atomic mass is 10.1. The smallest absolute Gasteiger partial charge is 0.335 e. The largest absolute Gasteiger partial charge is 0.492 e. The number of benzene rings is 3. The first-order chi connectivity index (χ1) is 17.8. The van der Waals surface area contributed by atoms with Crippen LogP contribution in [0.2, 0.25) is 5.02 Å². The van der Waals surface area contributed by atoms with Crippen molar-refractivity contribution in [3.05, 3.63) is 100 Å². The second kappa shape index (κ2) is 9.95. The molecule has 1 aliphatic heterocycles. The summed E-state index contributed by atoms with van der Waals surface area (Å²) in [6.07, 6.45) is 3.41. The van der Waals surface area contributed by atoms with Gasteiger partial charge in [-0.15, -0.1) is 0 Å². The van der Waals surface area contributed by atoms with Crippen LogP contribution >= 0.6 is 11.6 Å². The number of amides is 4. The van der Waals surface area contributed by atoms with Crippen LogP contribution < -0.4 is 15.0 Å². The lowest BCUT2D eigenvalue weighted by Crippen LogP contribution is -2.54. The molecule has 7 nitrogen and oxygen atoms in total. The highest BCUT2D eigenvalue weighted by molar-refractivity contribution is 6.39. The third kappa shape index (κ3) is 4.99. The van der Waals surface area contributed by atoms with Gasteiger partial charge in [0.1, 0.15) is 17.9 Å². The number of carbonyl (C=O) groups is 3. The zero-order valence-electron chi connectivity index (χ0n) is 20.3. The average molecular weight is 514 g/mol. The normalized spacial score (nSPS) is 14.9. The molecule has 3 aromatic carbocycles. The molecule has 1 N–H and O–H groups in total. The van der Waals surface area contributed by atoms with E-state index in [0.29, 0.717) is 29.4 Å². The number of urea groups is 1. The average Bonchev–Trinajstić information content (AvgIpc) is 3.20. The van der Waals surface area contributed by atoms with E-state index in [2.05, 4.69) is 11.4 Å². The number of rotatable bonds is 6. The third-order valence-corrected chi connectivity index (χ3v) is 6.35. The Balaban J connectivity index is 1.44. The molecule has 1 aliphatic rings. The van der Waals surface area contributed by atoms with E-state index in [-0.39, 0.29) is 5.57 Å². The summed E-state index contributed by atoms with van der Waals surface area (Å²) < 4.78 is 8.01. The van der Waals surface area contributed by atoms with Crippen LogP contribution in [0.4, 0.5) is 10.5 Å². The van der Waals surface area contributed by atoms with Crippen LogP contribution in [0.5, 0.6) is 5.75 Å². The molecule has 0 unspecified atom stereocenters. The Morgan fingerprint density at radius 3 is 2.38 bits per heavy atom. The van der Waals surface area contributed by atoms with Gasteiger partial charge >= 0.3 is 6.03 Å². The fourth-order valence-corrected chi connectivity index (χ4v) is 4.62. The molecule has 4 aromatic rings. The maximum absolute atomic E-state index is 13.3. The molecule has 0 atom stereocenters. The summed E-state index contributed by atoms with van der Waals surface area (Å²) in [5, 5.41) is 3.60. The quantitative estimate of drug-likeness (QED) is 0.266. The number of nitrogens with zero attached hydrogens (tertiary/aromatic N) is 2. The lowest BCUT2D eigenvalue weighted by Gasteiger charge is -2.26. The summed E-state index contributed by atoms with van der Waals surface area (Å²) >= 11 is 5.94. The number of carbonyl (C=O) groups excluding carboxylic acids is 3. The van der Waals surface area contributed by atoms with Gasteiger partial charge in [-0.3, -0.25) is 14.9 Å². The summed E-state index contributed by atoms with van der Waals surface area (Å²) in [6, 6.07) is 19.3. The van der Waals surface area contributed by atoms with E-state index in [4.69, 9.17) is 16.3 Å². The standard InChI is InChI=1S/C29H24ClN3O4/c1-18-13-19(2)15-23(14-18)37-12-11-32-17-20(24-5-3-4-6-26(24)32)16-25-27(34)31-29(36)33(28(25)35)22-9-7-21(30)8-10-22/h3-10,13-17H,11-12H2,1-2H3,(H,31,34,36)/b25-16-. The van der Waals surface area contributed by atoms with Gasteiger partial charge in [0, 0.05) is 27.7 Å². The molecule has 0 spiro atoms. The van der Waals surface area contributed by atoms with Gasteiger partial charge in [-0.2, -0.15) is 0 Å². The molecule has 4 amide bonds. The van der Waals surface area contributed by atoms with Crippen molar-refractivity contribution in [2.45, 2.75) is 20.4 Å². The number of hydrogen-bond donors (Lipinski definition) is 1. The van der Waals surface area contributed by atoms with Gasteiger partial charge in [0.2, 0.25) is 0 Å². The van der Waals surface area contributed by atoms with Crippen molar-refractivity contribution in [1.29, 1.82) is 0 Å². The summed E-state index contributed by atoms with van der Waals surface area (Å²) in [6.45, 7) is 5.06. The van der Waals surface area contributed by atoms with Gasteiger partial charge in [-0.25, -0.2) is 9.69 Å². The maximum Gasteiger partial charge on any atom is 0.335 e. The number of aromatic nitrogens is 1. The summed E-state index contributed by atoms with van der Waals surface area (Å²) in [5.74, 6) is -0.631. The van der Waals surface area contributed by atoms with E-state index in [9.17, 15) is 14.4 Å². The van der Waals surface area contributed by atoms with Gasteiger partial charge in [-0.1, -0.05) is 35.9 Å². The zero-order valence-corrected chi connectivity index (χ0v) is 21.1. The predicted molar refractivity (Wildman–Crippen MR) is 144 cm³/mol. The highest BCUT2D eigenvalue weighted by atomic mass is 35.5. The molecule has 0 aliphatic carbocycles. The molecule has 0 saturated carbocycles. The van der Waals surface area contributed by atoms with Crippen LogP contribution in [-0.2, 0) is 16.1 Å². The zero-order chi connectivity index (χ0) is 26.1. The highest BCUT2D eigenvalue weighted by Gasteiger charge is 2.37. The minimum atomic E-state index is -0.805. The topological polar surface area (TPSA) is 80.6 Å². The van der Waals surface area contributed by atoms with E-state index in [1.165, 1.54) is 6.08 Å². The predicted octanol–water partition coefficient (Wildman–Crippen LogP) is 5.66. The van der Waals surface area contributed by atoms with Gasteiger partial charge in [0.05, 0.1) is 12.2 Å². The minimum Gasteiger partial charge on any atom is -0.492 e. The van der Waals surface area contributed by atoms with Gasteiger partial charge in [0.15, 0.2) is 0 Å². The van der Waals surface area contributed by atoms with Crippen molar-refractivity contribution in [1.82, 2.24) is 9.88 Å². The second-order valence-corrected chi connectivity index (χ2v) is 9.34. The number of para-hydroxylation sites is 1. The van der Waals surface area contributed by atoms with E-state index < -0.39 is 17.8 Å². The Hall–Kier alpha value is -4.36. The van der Waals surface area contributed by atoms with Crippen molar-refractivity contribution < 1.29 is 19.1 Å². The molecule has 1 fully saturated rings. The fourth-order valence-electron chi connectivity index (χ4n) is 4.49. The van der Waals surface area contributed by atoms with E-state index in [1.807, 2.05) is 61.0 Å². The molecule has 5 rings (SSSR count). The number of ether oxygens (including phenoxy) is 1. The molecule has 1 aromatic heterocycles. The minimum absolute atomic E-state index is 0.135. The van der Waals surface area contributed by atoms with E-state index in [0.717, 1.165) is 32.7 Å². The van der Waals surface area contributed by atoms with Crippen LogP contribution in [0.25, 0.3) is 17.0 Å². The summed E-state index contributed by atoms with van der Waals surface area (Å²) in [7, 11) is 0. The van der Waals surface area contributed by atoms with E-state index in [1.54, 1.807) is 24.3 Å². The molecule has 0 radical (unpaired) electrons. The number of nitrogens with one attached hydrogen (secondary N) is 1. The van der Waals surface area contributed by atoms with Crippen molar-refractivity contribution in [2.24, 2.45) is 0 Å². The van der Waals surface area contributed by atoms with Gasteiger partial charge in [-0.05, 0) is 73.5 Å². The number of aryl methyl sites for hydroxylation is 2. The van der Waals surface area contributed by atoms with Gasteiger partial charge in [0.25, 0.3) is 11.8 Å². The second-order valence-electron chi connectivity index (χ2n) is 8.90. The lowest BCUT2D eigenvalue weighted by molar-refractivity contribution is -0.122. The molecule has 37 heavy (non-hydrogen) atoms. The summed E-state index contributed by atoms with van der Waals surface area (Å²) in [4.78, 5) is 39.4. The van der Waals surface area contributed by atoms with Crippen molar-refractivity contribution >= 4 is 52.1 Å². The number of fused-ring (bicyclic) bond motifs is 1. The number of halogens is 1. The van der Waals surface area contributed by atoms with Crippen molar-refractivity contribution in [3.63, 3.8) is 0 Å². The van der Waals surface area contributed by atoms with E-state index >= 15 is 0 Å². The number of barbiturate groups is 1. The maximum atomic E-state index is 13.3. The number of hydrogen-bond acceptors (Lipinski definition) is 4. The van der Waals surface area contributed by atoms with Crippen LogP contribution in [0.1, 0.15) is 16.7 Å². The first kappa shape index (κ1) is 24.3. The van der Waals surface area contributed by atoms with Crippen LogP contribution in [0, 0.1) is 13.8 Å². The molecule has 8 heteroatoms. The highest BCUT2D eigenvalue weighted by Crippen LogP contribution is 2.27. The number of imide groups is 2. The Morgan fingerprint density at radius 2 is 1.65 bits per heavy atom. The number of anilines is 1. The van der Waals surface area contributed by atoms with Crippen molar-refractivity contribution in [2.75, 3.05) is 11.5 Å². The summed E-state index contributed by atoms with van der Waals surface area (Å²) in [5.41, 5.74) is 4.08. The first-order valence-corrected chi connectivity index (χ1v) is 12.1. The molecular formula is C29H24ClN3O4. The van der Waals surface area contributed by atoms with Crippen molar-refractivity contribution in [3.8, 4) is 5.75 Å². The Morgan fingerprint density at radius 1 is 0.946 bits per heavy atom. The fraction of sp³-hybridized carbons (Fsp3) is 0.138. The van der Waals surface area contributed by atoms with Crippen LogP contribution in [0.3, 0.4) is 0 Å². The Labute approximate surface area is 218 Å². The monoisotopic (exact) mass is 513 g/mol. The molecule has 0 bridgehead atoms. The first-order valence-electron chi connectivity index (χ1n) is 11.8. The Bertz CT molecular complexity index is 1550. The molecule has 2 heterocycles. The third-order valence-electron chi connectivity index (χ3n) is 6.10. The van der Waals surface area contributed by atoms with Gasteiger partial charge < -0.3 is 9.30 Å². The molecular weight excluding hydrogens is 490 g/mol. The molecule has 1 saturated heterocycles. The Kier molecular flexibility index (Phi) is 6.54. The van der Waals surface area contributed by atoms with Crippen LogP contribution in [-0.4, -0.2) is 29.0 Å². The SMILES string of the molecule is Cc1cc(C)cc(OCCn2cc(/C=C3/C(=O)NC(=O)N(c4ccc(Cl)cc4)C3=O)c3ccccc32)c1.